The number of ether oxygens (including phenoxy) is 1. The Labute approximate surface area is 238 Å². The molecule has 4 amide bonds. The van der Waals surface area contributed by atoms with E-state index < -0.39 is 36.5 Å². The number of hydrogen-bond acceptors (Lipinski definition) is 6. The van der Waals surface area contributed by atoms with Crippen LogP contribution in [0.25, 0.3) is 10.8 Å². The molecule has 0 aliphatic carbocycles. The zero-order chi connectivity index (χ0) is 29.0. The molecule has 1 fully saturated rings. The van der Waals surface area contributed by atoms with Crippen LogP contribution >= 0.6 is 0 Å². The maximum absolute atomic E-state index is 13.1. The molecule has 3 atom stereocenters. The zero-order valence-corrected chi connectivity index (χ0v) is 22.6. The summed E-state index contributed by atoms with van der Waals surface area (Å²) >= 11 is 0. The van der Waals surface area contributed by atoms with Crippen molar-refractivity contribution in [3.8, 4) is 0 Å². The van der Waals surface area contributed by atoms with Gasteiger partial charge in [-0.3, -0.25) is 14.4 Å². The van der Waals surface area contributed by atoms with Gasteiger partial charge in [0.1, 0.15) is 18.9 Å². The van der Waals surface area contributed by atoms with Crippen molar-refractivity contribution in [2.24, 2.45) is 5.92 Å². The van der Waals surface area contributed by atoms with E-state index in [2.05, 4.69) is 21.3 Å². The Morgan fingerprint density at radius 1 is 0.976 bits per heavy atom. The van der Waals surface area contributed by atoms with Crippen LogP contribution in [0.1, 0.15) is 30.4 Å². The van der Waals surface area contributed by atoms with Gasteiger partial charge in [-0.15, -0.1) is 0 Å². The van der Waals surface area contributed by atoms with Gasteiger partial charge in [-0.1, -0.05) is 72.8 Å². The number of benzene rings is 3. The summed E-state index contributed by atoms with van der Waals surface area (Å²) in [7, 11) is 0. The minimum atomic E-state index is -0.978. The molecule has 0 radical (unpaired) electrons. The molecule has 41 heavy (non-hydrogen) atoms. The highest BCUT2D eigenvalue weighted by molar-refractivity contribution is 5.90. The molecule has 1 heterocycles. The van der Waals surface area contributed by atoms with Gasteiger partial charge in [0, 0.05) is 12.5 Å². The lowest BCUT2D eigenvalue weighted by Gasteiger charge is -2.20. The van der Waals surface area contributed by atoms with Crippen LogP contribution < -0.4 is 21.3 Å². The van der Waals surface area contributed by atoms with Gasteiger partial charge in [0.25, 0.3) is 0 Å². The second-order valence-electron chi connectivity index (χ2n) is 9.98. The highest BCUT2D eigenvalue weighted by Gasteiger charge is 2.28. The quantitative estimate of drug-likeness (QED) is 0.237. The molecule has 214 valence electrons. The van der Waals surface area contributed by atoms with Gasteiger partial charge in [0.05, 0.1) is 12.6 Å². The van der Waals surface area contributed by atoms with Crippen LogP contribution in [0.5, 0.6) is 0 Å². The Balaban J connectivity index is 1.36. The molecule has 3 aromatic carbocycles. The van der Waals surface area contributed by atoms with E-state index in [1.807, 2.05) is 72.8 Å². The van der Waals surface area contributed by atoms with Gasteiger partial charge in [-0.2, -0.15) is 0 Å². The molecule has 10 heteroatoms. The van der Waals surface area contributed by atoms with Crippen molar-refractivity contribution in [2.45, 2.75) is 44.4 Å². The average molecular weight is 559 g/mol. The first-order valence-corrected chi connectivity index (χ1v) is 13.7. The molecule has 10 nitrogen and oxygen atoms in total. The van der Waals surface area contributed by atoms with Gasteiger partial charge in [0.15, 0.2) is 0 Å². The van der Waals surface area contributed by atoms with E-state index >= 15 is 0 Å². The summed E-state index contributed by atoms with van der Waals surface area (Å²) in [4.78, 5) is 61.5. The molecule has 1 aliphatic heterocycles. The topological polar surface area (TPSA) is 143 Å². The van der Waals surface area contributed by atoms with E-state index in [0.717, 1.165) is 21.9 Å². The lowest BCUT2D eigenvalue weighted by molar-refractivity contribution is -0.128. The number of hydrogen-bond donors (Lipinski definition) is 4. The molecule has 4 rings (SSSR count). The Morgan fingerprint density at radius 3 is 2.49 bits per heavy atom. The fourth-order valence-corrected chi connectivity index (χ4v) is 4.86. The number of fused-ring (bicyclic) bond motifs is 1. The predicted molar refractivity (Wildman–Crippen MR) is 153 cm³/mol. The molecule has 0 saturated carbocycles. The number of carbonyl (C=O) groups is 5. The minimum Gasteiger partial charge on any atom is -0.445 e. The second-order valence-corrected chi connectivity index (χ2v) is 9.98. The summed E-state index contributed by atoms with van der Waals surface area (Å²) in [5.41, 5.74) is 1.82. The first-order valence-electron chi connectivity index (χ1n) is 13.7. The van der Waals surface area contributed by atoms with Crippen LogP contribution in [0.15, 0.2) is 72.8 Å². The van der Waals surface area contributed by atoms with Crippen molar-refractivity contribution in [2.75, 3.05) is 13.1 Å². The van der Waals surface area contributed by atoms with E-state index in [4.69, 9.17) is 4.74 Å². The van der Waals surface area contributed by atoms with Crippen molar-refractivity contribution in [3.05, 3.63) is 83.9 Å². The number of amides is 4. The third-order valence-electron chi connectivity index (χ3n) is 7.04. The van der Waals surface area contributed by atoms with Crippen molar-refractivity contribution in [3.63, 3.8) is 0 Å². The number of aldehydes is 1. The molecule has 4 N–H and O–H groups in total. The van der Waals surface area contributed by atoms with Gasteiger partial charge in [0.2, 0.25) is 17.7 Å². The van der Waals surface area contributed by atoms with Crippen molar-refractivity contribution < 1.29 is 28.7 Å². The van der Waals surface area contributed by atoms with Crippen molar-refractivity contribution in [1.29, 1.82) is 0 Å². The van der Waals surface area contributed by atoms with E-state index in [9.17, 15) is 24.0 Å². The number of rotatable bonds is 13. The first-order chi connectivity index (χ1) is 19.9. The number of nitrogens with one attached hydrogen (secondary N) is 4. The number of alkyl carbamates (subject to hydrolysis) is 1. The summed E-state index contributed by atoms with van der Waals surface area (Å²) in [5.74, 6) is -1.62. The molecule has 1 saturated heterocycles. The molecular formula is C31H34N4O6. The zero-order valence-electron chi connectivity index (χ0n) is 22.6. The fourth-order valence-electron chi connectivity index (χ4n) is 4.86. The van der Waals surface area contributed by atoms with Crippen LogP contribution in [-0.4, -0.2) is 55.3 Å². The first kappa shape index (κ1) is 29.3. The Morgan fingerprint density at radius 2 is 1.73 bits per heavy atom. The Bertz CT molecular complexity index is 1370. The van der Waals surface area contributed by atoms with Crippen LogP contribution in [0.4, 0.5) is 4.79 Å². The van der Waals surface area contributed by atoms with Crippen LogP contribution in [0.3, 0.4) is 0 Å². The fraction of sp³-hybridized carbons (Fsp3) is 0.323. The maximum atomic E-state index is 13.1. The number of aryl methyl sites for hydroxylation is 1. The van der Waals surface area contributed by atoms with Gasteiger partial charge < -0.3 is 30.8 Å². The van der Waals surface area contributed by atoms with E-state index in [1.54, 1.807) is 0 Å². The SMILES string of the molecule is O=C[C@H](C[C@@H]1CCNC1=O)NC(=O)CNC(=O)[C@H](CCc1cccc2ccccc12)NC(=O)OCc1ccccc1. The minimum absolute atomic E-state index is 0.0405. The summed E-state index contributed by atoms with van der Waals surface area (Å²) in [6.45, 7) is 0.185. The number of carbonyl (C=O) groups excluding carboxylic acids is 5. The standard InChI is InChI=1S/C31H34N4O6/c36-19-25(17-24-15-16-32-29(24)38)34-28(37)18-33-30(39)27(35-31(40)41-20-21-7-2-1-3-8-21)14-13-23-11-6-10-22-9-4-5-12-26(22)23/h1-12,19,24-25,27H,13-18,20H2,(H,32,38)(H,33,39)(H,34,37)(H,35,40)/t24-,25-,27-/m0/s1. The monoisotopic (exact) mass is 558 g/mol. The van der Waals surface area contributed by atoms with E-state index in [-0.39, 0.29) is 31.3 Å². The third kappa shape index (κ3) is 8.63. The maximum Gasteiger partial charge on any atom is 0.408 e. The van der Waals surface area contributed by atoms with Crippen LogP contribution in [-0.2, 0) is 36.9 Å². The predicted octanol–water partition coefficient (Wildman–Crippen LogP) is 2.39. The Kier molecular flexibility index (Phi) is 10.4. The summed E-state index contributed by atoms with van der Waals surface area (Å²) in [5, 5.41) is 12.6. The van der Waals surface area contributed by atoms with Gasteiger partial charge in [-0.05, 0) is 47.6 Å². The largest absolute Gasteiger partial charge is 0.445 e. The highest BCUT2D eigenvalue weighted by atomic mass is 16.5. The lowest BCUT2D eigenvalue weighted by Crippen LogP contribution is -2.50. The highest BCUT2D eigenvalue weighted by Crippen LogP contribution is 2.20. The molecule has 0 bridgehead atoms. The third-order valence-corrected chi connectivity index (χ3v) is 7.04. The van der Waals surface area contributed by atoms with Crippen LogP contribution in [0, 0.1) is 5.92 Å². The molecule has 0 spiro atoms. The van der Waals surface area contributed by atoms with Gasteiger partial charge in [-0.25, -0.2) is 4.79 Å². The summed E-state index contributed by atoms with van der Waals surface area (Å²) in [6.07, 6.45) is 1.37. The average Bonchev–Trinajstić information content (AvgIpc) is 3.40. The molecule has 0 aromatic heterocycles. The van der Waals surface area contributed by atoms with Crippen LogP contribution in [0.2, 0.25) is 0 Å². The van der Waals surface area contributed by atoms with E-state index in [1.165, 1.54) is 0 Å². The molecule has 1 aliphatic rings. The molecular weight excluding hydrogens is 524 g/mol. The Hall–Kier alpha value is -4.73. The molecule has 3 aromatic rings. The summed E-state index contributed by atoms with van der Waals surface area (Å²) < 4.78 is 5.31. The van der Waals surface area contributed by atoms with E-state index in [0.29, 0.717) is 25.7 Å². The van der Waals surface area contributed by atoms with Crippen molar-refractivity contribution in [1.82, 2.24) is 21.3 Å². The normalized spacial score (nSPS) is 15.8. The molecule has 0 unspecified atom stereocenters. The summed E-state index contributed by atoms with van der Waals surface area (Å²) in [6, 6.07) is 21.2. The second kappa shape index (κ2) is 14.6. The smallest absolute Gasteiger partial charge is 0.408 e. The van der Waals surface area contributed by atoms with Gasteiger partial charge >= 0.3 is 6.09 Å². The van der Waals surface area contributed by atoms with Crippen molar-refractivity contribution >= 4 is 40.9 Å². The lowest BCUT2D eigenvalue weighted by atomic mass is 9.98.